The molecular formula is C18H26N2O4. The Labute approximate surface area is 143 Å². The molecule has 2 rings (SSSR count). The second-order valence-electron chi connectivity index (χ2n) is 7.70. The van der Waals surface area contributed by atoms with Crippen LogP contribution in [0.4, 0.5) is 4.79 Å². The van der Waals surface area contributed by atoms with E-state index in [0.29, 0.717) is 12.8 Å². The third kappa shape index (κ3) is 3.26. The van der Waals surface area contributed by atoms with Gasteiger partial charge < -0.3 is 14.4 Å². The molecule has 2 aliphatic rings. The van der Waals surface area contributed by atoms with Gasteiger partial charge in [-0.15, -0.1) is 6.58 Å². The molecule has 1 unspecified atom stereocenters. The fourth-order valence-electron chi connectivity index (χ4n) is 3.99. The summed E-state index contributed by atoms with van der Waals surface area (Å²) < 4.78 is 10.3. The minimum absolute atomic E-state index is 0.0443. The van der Waals surface area contributed by atoms with E-state index in [-0.39, 0.29) is 18.2 Å². The Balaban J connectivity index is 2.25. The molecule has 0 aliphatic carbocycles. The molecule has 6 nitrogen and oxygen atoms in total. The van der Waals surface area contributed by atoms with E-state index in [9.17, 15) is 14.9 Å². The summed E-state index contributed by atoms with van der Waals surface area (Å²) in [6.07, 6.45) is 4.13. The van der Waals surface area contributed by atoms with Crippen molar-refractivity contribution >= 4 is 12.1 Å². The number of nitrogens with zero attached hydrogens (tertiary/aromatic N) is 2. The number of hydrogen-bond acceptors (Lipinski definition) is 5. The predicted octanol–water partition coefficient (Wildman–Crippen LogP) is 3.03. The lowest BCUT2D eigenvalue weighted by molar-refractivity contribution is -0.147. The van der Waals surface area contributed by atoms with Gasteiger partial charge in [-0.25, -0.2) is 4.79 Å². The van der Waals surface area contributed by atoms with Gasteiger partial charge in [0.05, 0.1) is 13.2 Å². The van der Waals surface area contributed by atoms with Crippen molar-refractivity contribution in [2.45, 2.75) is 64.1 Å². The first-order chi connectivity index (χ1) is 11.2. The van der Waals surface area contributed by atoms with Crippen LogP contribution in [-0.2, 0) is 14.3 Å². The standard InChI is InChI=1S/C18H26N2O4/c1-6-18(14(11-19)15(21)23-5)9-12-7-8-13(10-18)20(12)16(22)24-17(2,3)4/h6,12-14H,1,7-10H2,2-5H3/t12-,13+,14-,18?/m1/s1. The summed E-state index contributed by atoms with van der Waals surface area (Å²) in [6.45, 7) is 9.40. The van der Waals surface area contributed by atoms with E-state index < -0.39 is 22.9 Å². The van der Waals surface area contributed by atoms with E-state index in [4.69, 9.17) is 9.47 Å². The molecule has 6 heteroatoms. The fraction of sp³-hybridized carbons (Fsp3) is 0.722. The lowest BCUT2D eigenvalue weighted by Crippen LogP contribution is -2.53. The summed E-state index contributed by atoms with van der Waals surface area (Å²) in [6, 6.07) is 2.00. The van der Waals surface area contributed by atoms with Crippen LogP contribution in [0.15, 0.2) is 12.7 Å². The van der Waals surface area contributed by atoms with E-state index in [1.807, 2.05) is 20.8 Å². The lowest BCUT2D eigenvalue weighted by Gasteiger charge is -2.46. The molecule has 0 spiro atoms. The minimum Gasteiger partial charge on any atom is -0.468 e. The largest absolute Gasteiger partial charge is 0.468 e. The number of rotatable bonds is 3. The van der Waals surface area contributed by atoms with Crippen molar-refractivity contribution in [3.63, 3.8) is 0 Å². The molecule has 0 aromatic heterocycles. The van der Waals surface area contributed by atoms with Crippen LogP contribution >= 0.6 is 0 Å². The molecule has 132 valence electrons. The summed E-state index contributed by atoms with van der Waals surface area (Å²) in [7, 11) is 1.29. The Morgan fingerprint density at radius 1 is 1.33 bits per heavy atom. The molecule has 4 atom stereocenters. The van der Waals surface area contributed by atoms with Gasteiger partial charge in [-0.2, -0.15) is 5.26 Å². The fourth-order valence-corrected chi connectivity index (χ4v) is 3.99. The van der Waals surface area contributed by atoms with Gasteiger partial charge in [0.2, 0.25) is 0 Å². The van der Waals surface area contributed by atoms with Gasteiger partial charge in [-0.05, 0) is 46.5 Å². The summed E-state index contributed by atoms with van der Waals surface area (Å²) in [5, 5.41) is 9.49. The van der Waals surface area contributed by atoms with Crippen molar-refractivity contribution in [1.29, 1.82) is 5.26 Å². The van der Waals surface area contributed by atoms with Crippen LogP contribution in [0.1, 0.15) is 46.5 Å². The number of carbonyl (C=O) groups is 2. The van der Waals surface area contributed by atoms with Crippen LogP contribution in [0, 0.1) is 22.7 Å². The first-order valence-electron chi connectivity index (χ1n) is 8.30. The zero-order valence-electron chi connectivity index (χ0n) is 14.9. The highest BCUT2D eigenvalue weighted by molar-refractivity contribution is 5.77. The van der Waals surface area contributed by atoms with Crippen LogP contribution in [0.2, 0.25) is 0 Å². The third-order valence-electron chi connectivity index (χ3n) is 5.00. The maximum atomic E-state index is 12.5. The van der Waals surface area contributed by atoms with Gasteiger partial charge in [-0.1, -0.05) is 6.08 Å². The van der Waals surface area contributed by atoms with Crippen molar-refractivity contribution in [1.82, 2.24) is 4.90 Å². The molecule has 2 bridgehead atoms. The number of amides is 1. The Bertz CT molecular complexity index is 559. The van der Waals surface area contributed by atoms with Crippen molar-refractivity contribution in [2.24, 2.45) is 11.3 Å². The number of methoxy groups -OCH3 is 1. The van der Waals surface area contributed by atoms with Crippen LogP contribution in [0.5, 0.6) is 0 Å². The van der Waals surface area contributed by atoms with Gasteiger partial charge in [0.25, 0.3) is 0 Å². The topological polar surface area (TPSA) is 79.6 Å². The zero-order valence-corrected chi connectivity index (χ0v) is 14.9. The maximum Gasteiger partial charge on any atom is 0.410 e. The lowest BCUT2D eigenvalue weighted by atomic mass is 9.66. The summed E-state index contributed by atoms with van der Waals surface area (Å²) >= 11 is 0. The van der Waals surface area contributed by atoms with E-state index in [2.05, 4.69) is 12.6 Å². The quantitative estimate of drug-likeness (QED) is 0.585. The summed E-state index contributed by atoms with van der Waals surface area (Å²) in [5.74, 6) is -1.44. The number of fused-ring (bicyclic) bond motifs is 2. The van der Waals surface area contributed by atoms with Gasteiger partial charge in [0.15, 0.2) is 5.92 Å². The zero-order chi connectivity index (χ0) is 18.1. The van der Waals surface area contributed by atoms with Crippen molar-refractivity contribution in [3.8, 4) is 6.07 Å². The van der Waals surface area contributed by atoms with Gasteiger partial charge in [-0.3, -0.25) is 4.79 Å². The SMILES string of the molecule is C=CC1([C@H](C#N)C(=O)OC)C[C@H]2CC[C@@H](C1)N2C(=O)OC(C)(C)C. The third-order valence-corrected chi connectivity index (χ3v) is 5.00. The summed E-state index contributed by atoms with van der Waals surface area (Å²) in [5.41, 5.74) is -1.21. The van der Waals surface area contributed by atoms with E-state index >= 15 is 0 Å². The molecule has 24 heavy (non-hydrogen) atoms. The number of piperidine rings is 1. The van der Waals surface area contributed by atoms with Gasteiger partial charge in [0, 0.05) is 17.5 Å². The average Bonchev–Trinajstić information content (AvgIpc) is 2.78. The number of hydrogen-bond donors (Lipinski definition) is 0. The van der Waals surface area contributed by atoms with E-state index in [1.165, 1.54) is 7.11 Å². The highest BCUT2D eigenvalue weighted by Gasteiger charge is 2.54. The molecule has 0 saturated carbocycles. The van der Waals surface area contributed by atoms with Crippen molar-refractivity contribution < 1.29 is 19.1 Å². The van der Waals surface area contributed by atoms with Crippen molar-refractivity contribution in [2.75, 3.05) is 7.11 Å². The van der Waals surface area contributed by atoms with E-state index in [1.54, 1.807) is 11.0 Å². The monoisotopic (exact) mass is 334 g/mol. The smallest absolute Gasteiger partial charge is 0.410 e. The average molecular weight is 334 g/mol. The normalized spacial score (nSPS) is 30.2. The maximum absolute atomic E-state index is 12.5. The first-order valence-corrected chi connectivity index (χ1v) is 8.30. The Morgan fingerprint density at radius 2 is 1.88 bits per heavy atom. The number of allylic oxidation sites excluding steroid dienone is 1. The van der Waals surface area contributed by atoms with Gasteiger partial charge >= 0.3 is 12.1 Å². The molecular weight excluding hydrogens is 308 g/mol. The Hall–Kier alpha value is -2.03. The highest BCUT2D eigenvalue weighted by Crippen LogP contribution is 2.50. The number of nitriles is 1. The molecule has 0 aromatic rings. The molecule has 2 saturated heterocycles. The highest BCUT2D eigenvalue weighted by atomic mass is 16.6. The predicted molar refractivity (Wildman–Crippen MR) is 87.9 cm³/mol. The second-order valence-corrected chi connectivity index (χ2v) is 7.70. The van der Waals surface area contributed by atoms with Crippen LogP contribution in [-0.4, -0.2) is 41.8 Å². The van der Waals surface area contributed by atoms with Crippen LogP contribution < -0.4 is 0 Å². The van der Waals surface area contributed by atoms with Crippen LogP contribution in [0.3, 0.4) is 0 Å². The van der Waals surface area contributed by atoms with Crippen molar-refractivity contribution in [3.05, 3.63) is 12.7 Å². The Morgan fingerprint density at radius 3 is 2.25 bits per heavy atom. The summed E-state index contributed by atoms with van der Waals surface area (Å²) in [4.78, 5) is 26.4. The molecule has 0 aromatic carbocycles. The van der Waals surface area contributed by atoms with Crippen LogP contribution in [0.25, 0.3) is 0 Å². The number of ether oxygens (including phenoxy) is 2. The first kappa shape index (κ1) is 18.3. The molecule has 2 heterocycles. The molecule has 2 aliphatic heterocycles. The van der Waals surface area contributed by atoms with E-state index in [0.717, 1.165) is 12.8 Å². The number of esters is 1. The molecule has 0 radical (unpaired) electrons. The second kappa shape index (κ2) is 6.46. The molecule has 1 amide bonds. The minimum atomic E-state index is -0.899. The number of carbonyl (C=O) groups excluding carboxylic acids is 2. The van der Waals surface area contributed by atoms with Gasteiger partial charge in [0.1, 0.15) is 5.60 Å². The molecule has 0 N–H and O–H groups in total. The molecule has 2 fully saturated rings. The Kier molecular flexibility index (Phi) is 4.93.